The minimum absolute atomic E-state index is 0.0176. The summed E-state index contributed by atoms with van der Waals surface area (Å²) in [7, 11) is -6.24. The maximum atomic E-state index is 15.1. The summed E-state index contributed by atoms with van der Waals surface area (Å²) in [5.74, 6) is -2.38. The molecule has 4 aromatic rings. The van der Waals surface area contributed by atoms with Crippen LogP contribution in [-0.4, -0.2) is 38.3 Å². The number of hydrogen-bond donors (Lipinski definition) is 1. The number of carbonyl (C=O) groups is 1. The smallest absolute Gasteiger partial charge is 0.440 e. The lowest BCUT2D eigenvalue weighted by Gasteiger charge is -2.37. The number of alkyl halides is 3. The van der Waals surface area contributed by atoms with Crippen LogP contribution in [0.1, 0.15) is 66.7 Å². The largest absolute Gasteiger partial charge is 0.534 e. The van der Waals surface area contributed by atoms with E-state index in [0.717, 1.165) is 43.6 Å². The van der Waals surface area contributed by atoms with E-state index >= 15 is 4.39 Å². The van der Waals surface area contributed by atoms with Gasteiger partial charge in [-0.2, -0.15) is 21.6 Å². The summed E-state index contributed by atoms with van der Waals surface area (Å²) in [4.78, 5) is 31.7. The number of pyridine rings is 1. The zero-order valence-electron chi connectivity index (χ0n) is 26.3. The first-order chi connectivity index (χ1) is 21.9. The molecular weight excluding hydrogens is 642 g/mol. The Labute approximate surface area is 268 Å². The van der Waals surface area contributed by atoms with Gasteiger partial charge >= 0.3 is 15.6 Å². The van der Waals surface area contributed by atoms with Gasteiger partial charge in [0.25, 0.3) is 0 Å². The van der Waals surface area contributed by atoms with Crippen molar-refractivity contribution in [2.45, 2.75) is 59.0 Å². The Morgan fingerprint density at radius 2 is 1.81 bits per heavy atom. The van der Waals surface area contributed by atoms with Crippen molar-refractivity contribution >= 4 is 38.9 Å². The topological polar surface area (TPSA) is 119 Å². The van der Waals surface area contributed by atoms with Gasteiger partial charge in [-0.1, -0.05) is 19.9 Å². The van der Waals surface area contributed by atoms with Gasteiger partial charge in [0.05, 0.1) is 33.9 Å². The van der Waals surface area contributed by atoms with Gasteiger partial charge in [0.2, 0.25) is 5.88 Å². The first kappa shape index (κ1) is 33.9. The number of aromatic nitrogens is 1. The molecule has 1 fully saturated rings. The molecule has 2 aromatic carbocycles. The molecule has 9 nitrogen and oxygen atoms in total. The molecule has 0 unspecified atom stereocenters. The fourth-order valence-electron chi connectivity index (χ4n) is 5.64. The molecule has 0 amide bonds. The third-order valence-corrected chi connectivity index (χ3v) is 9.32. The second kappa shape index (κ2) is 12.3. The van der Waals surface area contributed by atoms with E-state index in [4.69, 9.17) is 4.42 Å². The average molecular weight is 676 g/mol. The number of anilines is 2. The molecular formula is C33H33F4N3O6S. The predicted octanol–water partition coefficient (Wildman–Crippen LogP) is 7.45. The molecule has 250 valence electrons. The molecule has 47 heavy (non-hydrogen) atoms. The molecule has 1 aliphatic heterocycles. The number of hydrogen-bond acceptors (Lipinski definition) is 9. The SMILES string of the molecule is Cc1cc([C@H](C)Nc2cccnc2-c2cc(F)c(OS(=O)(=O)C(F)(F)F)c(C=O)c2)c2oc(N3CCC(C)(C)CC3)c(C)c(=O)c2c1. The molecule has 3 heterocycles. The monoisotopic (exact) mass is 675 g/mol. The van der Waals surface area contributed by atoms with Crippen molar-refractivity contribution in [3.05, 3.63) is 80.9 Å². The lowest BCUT2D eigenvalue weighted by molar-refractivity contribution is -0.0501. The number of fused-ring (bicyclic) bond motifs is 1. The Bertz CT molecular complexity index is 2030. The van der Waals surface area contributed by atoms with Crippen LogP contribution >= 0.6 is 0 Å². The molecule has 1 N–H and O–H groups in total. The van der Waals surface area contributed by atoms with Crippen molar-refractivity contribution in [1.82, 2.24) is 4.98 Å². The fraction of sp³-hybridized carbons (Fsp3) is 0.364. The minimum atomic E-state index is -6.24. The number of aryl methyl sites for hydroxylation is 1. The summed E-state index contributed by atoms with van der Waals surface area (Å²) < 4.78 is 87.2. The van der Waals surface area contributed by atoms with E-state index in [-0.39, 0.29) is 28.4 Å². The maximum absolute atomic E-state index is 15.1. The van der Waals surface area contributed by atoms with Gasteiger partial charge in [0.15, 0.2) is 23.3 Å². The Balaban J connectivity index is 1.54. The lowest BCUT2D eigenvalue weighted by atomic mass is 9.82. The number of rotatable bonds is 8. The van der Waals surface area contributed by atoms with Crippen molar-refractivity contribution in [3.8, 4) is 17.0 Å². The quantitative estimate of drug-likeness (QED) is 0.0879. The Kier molecular flexibility index (Phi) is 8.86. The predicted molar refractivity (Wildman–Crippen MR) is 170 cm³/mol. The number of nitrogens with one attached hydrogen (secondary N) is 1. The number of nitrogens with zero attached hydrogens (tertiary/aromatic N) is 2. The lowest BCUT2D eigenvalue weighted by Crippen LogP contribution is -2.38. The molecule has 2 aromatic heterocycles. The highest BCUT2D eigenvalue weighted by Crippen LogP contribution is 2.38. The Hall–Kier alpha value is -4.46. The van der Waals surface area contributed by atoms with Gasteiger partial charge in [-0.05, 0) is 74.9 Å². The van der Waals surface area contributed by atoms with Gasteiger partial charge < -0.3 is 18.8 Å². The standard InChI is InChI=1S/C33H33F4N3O6S/c1-18-13-23(30-24(14-18)28(42)19(2)31(45-30)40-11-8-32(4,5)9-12-40)20(3)39-26-7-6-10-38-27(26)21-15-22(17-41)29(25(34)16-21)46-47(43,44)33(35,36)37/h6-7,10,13-17,20,39H,8-9,11-12H2,1-5H3/t20-/m0/s1. The summed E-state index contributed by atoms with van der Waals surface area (Å²) >= 11 is 0. The number of carbonyl (C=O) groups excluding carboxylic acids is 1. The van der Waals surface area contributed by atoms with Crippen LogP contribution in [0.25, 0.3) is 22.2 Å². The van der Waals surface area contributed by atoms with Gasteiger partial charge in [-0.25, -0.2) is 4.39 Å². The number of piperidine rings is 1. The zero-order valence-corrected chi connectivity index (χ0v) is 27.1. The van der Waals surface area contributed by atoms with Crippen molar-refractivity contribution < 1.29 is 39.4 Å². The highest BCUT2D eigenvalue weighted by molar-refractivity contribution is 7.88. The number of aldehydes is 1. The van der Waals surface area contributed by atoms with E-state index in [1.807, 2.05) is 19.9 Å². The molecule has 0 bridgehead atoms. The Morgan fingerprint density at radius 3 is 2.45 bits per heavy atom. The van der Waals surface area contributed by atoms with E-state index in [9.17, 15) is 31.2 Å². The third-order valence-electron chi connectivity index (χ3n) is 8.37. The summed E-state index contributed by atoms with van der Waals surface area (Å²) in [6.45, 7) is 11.3. The van der Waals surface area contributed by atoms with Gasteiger partial charge in [-0.3, -0.25) is 14.6 Å². The molecule has 1 atom stereocenters. The number of halogens is 4. The van der Waals surface area contributed by atoms with Crippen LogP contribution in [-0.2, 0) is 10.1 Å². The molecule has 14 heteroatoms. The third kappa shape index (κ3) is 6.69. The van der Waals surface area contributed by atoms with Crippen molar-refractivity contribution in [2.24, 2.45) is 5.41 Å². The average Bonchev–Trinajstić information content (AvgIpc) is 2.99. The van der Waals surface area contributed by atoms with E-state index < -0.39 is 38.8 Å². The normalized spacial score (nSPS) is 15.8. The second-order valence-corrected chi connectivity index (χ2v) is 14.0. The summed E-state index contributed by atoms with van der Waals surface area (Å²) in [6.07, 6.45) is 3.25. The van der Waals surface area contributed by atoms with Crippen LogP contribution < -0.4 is 19.8 Å². The first-order valence-electron chi connectivity index (χ1n) is 14.8. The van der Waals surface area contributed by atoms with Gasteiger partial charge in [-0.15, -0.1) is 0 Å². The highest BCUT2D eigenvalue weighted by Gasteiger charge is 2.49. The maximum Gasteiger partial charge on any atom is 0.534 e. The van der Waals surface area contributed by atoms with Crippen molar-refractivity contribution in [2.75, 3.05) is 23.3 Å². The first-order valence-corrected chi connectivity index (χ1v) is 16.2. The molecule has 0 radical (unpaired) electrons. The van der Waals surface area contributed by atoms with Gasteiger partial charge in [0, 0.05) is 30.4 Å². The van der Waals surface area contributed by atoms with Crippen LogP contribution in [0.3, 0.4) is 0 Å². The van der Waals surface area contributed by atoms with E-state index in [0.29, 0.717) is 33.7 Å². The molecule has 0 spiro atoms. The molecule has 1 saturated heterocycles. The summed E-state index contributed by atoms with van der Waals surface area (Å²) in [5, 5.41) is 3.71. The van der Waals surface area contributed by atoms with E-state index in [1.54, 1.807) is 25.1 Å². The van der Waals surface area contributed by atoms with Crippen molar-refractivity contribution in [1.29, 1.82) is 0 Å². The van der Waals surface area contributed by atoms with Crippen LogP contribution in [0.4, 0.5) is 29.1 Å². The van der Waals surface area contributed by atoms with E-state index in [1.165, 1.54) is 6.20 Å². The van der Waals surface area contributed by atoms with E-state index in [2.05, 4.69) is 33.2 Å². The molecule has 5 rings (SSSR count). The van der Waals surface area contributed by atoms with Crippen LogP contribution in [0, 0.1) is 25.1 Å². The van der Waals surface area contributed by atoms with Gasteiger partial charge in [0.1, 0.15) is 5.58 Å². The number of benzene rings is 2. The second-order valence-electron chi connectivity index (χ2n) is 12.5. The molecule has 0 aliphatic carbocycles. The van der Waals surface area contributed by atoms with Crippen LogP contribution in [0.15, 0.2) is 51.8 Å². The molecule has 0 saturated carbocycles. The van der Waals surface area contributed by atoms with Crippen molar-refractivity contribution in [3.63, 3.8) is 0 Å². The molecule has 1 aliphatic rings. The highest BCUT2D eigenvalue weighted by atomic mass is 32.2. The summed E-state index contributed by atoms with van der Waals surface area (Å²) in [5.41, 5.74) is -3.75. The van der Waals surface area contributed by atoms with Crippen LogP contribution in [0.5, 0.6) is 5.75 Å². The zero-order chi connectivity index (χ0) is 34.5. The summed E-state index contributed by atoms with van der Waals surface area (Å²) in [6, 6.07) is 8.05. The fourth-order valence-corrected chi connectivity index (χ4v) is 6.13. The van der Waals surface area contributed by atoms with Crippen LogP contribution in [0.2, 0.25) is 0 Å². The minimum Gasteiger partial charge on any atom is -0.440 e. The Morgan fingerprint density at radius 1 is 1.13 bits per heavy atom.